The van der Waals surface area contributed by atoms with Crippen LogP contribution in [0.2, 0.25) is 0 Å². The number of benzene rings is 1. The summed E-state index contributed by atoms with van der Waals surface area (Å²) in [6.07, 6.45) is 2.82. The SMILES string of the molecule is CSc1ccc(-c2noc(CCNC(C)C)n2)cc1. The Bertz CT molecular complexity index is 508. The molecule has 0 radical (unpaired) electrons. The highest BCUT2D eigenvalue weighted by Gasteiger charge is 2.08. The second-order valence-corrected chi connectivity index (χ2v) is 5.48. The highest BCUT2D eigenvalue weighted by molar-refractivity contribution is 7.98. The van der Waals surface area contributed by atoms with Crippen molar-refractivity contribution in [2.75, 3.05) is 12.8 Å². The van der Waals surface area contributed by atoms with Crippen molar-refractivity contribution >= 4 is 11.8 Å². The number of rotatable bonds is 6. The van der Waals surface area contributed by atoms with Gasteiger partial charge in [-0.3, -0.25) is 0 Å². The Kier molecular flexibility index (Phi) is 4.99. The molecular weight excluding hydrogens is 258 g/mol. The van der Waals surface area contributed by atoms with Gasteiger partial charge in [0, 0.05) is 29.5 Å². The van der Waals surface area contributed by atoms with Gasteiger partial charge in [0.2, 0.25) is 11.7 Å². The van der Waals surface area contributed by atoms with Gasteiger partial charge >= 0.3 is 0 Å². The third-order valence-corrected chi connectivity index (χ3v) is 3.45. The Hall–Kier alpha value is -1.33. The molecule has 0 saturated heterocycles. The summed E-state index contributed by atoms with van der Waals surface area (Å²) in [5, 5.41) is 7.35. The molecule has 2 aromatic rings. The van der Waals surface area contributed by atoms with Gasteiger partial charge in [0.15, 0.2) is 0 Å². The minimum atomic E-state index is 0.474. The highest BCUT2D eigenvalue weighted by Crippen LogP contribution is 2.20. The van der Waals surface area contributed by atoms with E-state index >= 15 is 0 Å². The van der Waals surface area contributed by atoms with Gasteiger partial charge in [0.1, 0.15) is 0 Å². The molecule has 1 aromatic carbocycles. The maximum atomic E-state index is 5.25. The average Bonchev–Trinajstić information content (AvgIpc) is 2.87. The molecule has 0 unspecified atom stereocenters. The third-order valence-electron chi connectivity index (χ3n) is 2.71. The zero-order chi connectivity index (χ0) is 13.7. The normalized spacial score (nSPS) is 11.2. The van der Waals surface area contributed by atoms with Gasteiger partial charge in [0.05, 0.1) is 0 Å². The largest absolute Gasteiger partial charge is 0.339 e. The van der Waals surface area contributed by atoms with Crippen molar-refractivity contribution in [3.63, 3.8) is 0 Å². The number of hydrogen-bond donors (Lipinski definition) is 1. The first kappa shape index (κ1) is 14.1. The van der Waals surface area contributed by atoms with Gasteiger partial charge in [-0.15, -0.1) is 11.8 Å². The summed E-state index contributed by atoms with van der Waals surface area (Å²) < 4.78 is 5.25. The molecule has 2 rings (SSSR count). The molecular formula is C14H19N3OS. The van der Waals surface area contributed by atoms with Gasteiger partial charge in [-0.2, -0.15) is 4.98 Å². The zero-order valence-corrected chi connectivity index (χ0v) is 12.3. The van der Waals surface area contributed by atoms with Crippen LogP contribution in [0.3, 0.4) is 0 Å². The van der Waals surface area contributed by atoms with Gasteiger partial charge in [0.25, 0.3) is 0 Å². The van der Waals surface area contributed by atoms with E-state index in [2.05, 4.69) is 47.7 Å². The molecule has 1 aromatic heterocycles. The van der Waals surface area contributed by atoms with Crippen molar-refractivity contribution in [3.05, 3.63) is 30.2 Å². The van der Waals surface area contributed by atoms with Crippen LogP contribution in [0.25, 0.3) is 11.4 Å². The fourth-order valence-corrected chi connectivity index (χ4v) is 2.09. The molecule has 4 nitrogen and oxygen atoms in total. The highest BCUT2D eigenvalue weighted by atomic mass is 32.2. The van der Waals surface area contributed by atoms with E-state index in [1.54, 1.807) is 11.8 Å². The van der Waals surface area contributed by atoms with Crippen molar-refractivity contribution in [2.45, 2.75) is 31.2 Å². The van der Waals surface area contributed by atoms with Crippen LogP contribution in [0.15, 0.2) is 33.7 Å². The maximum Gasteiger partial charge on any atom is 0.228 e. The molecule has 0 fully saturated rings. The summed E-state index contributed by atoms with van der Waals surface area (Å²) in [5.74, 6) is 1.34. The van der Waals surface area contributed by atoms with Gasteiger partial charge < -0.3 is 9.84 Å². The number of nitrogens with one attached hydrogen (secondary N) is 1. The van der Waals surface area contributed by atoms with E-state index in [1.165, 1.54) is 4.90 Å². The molecule has 0 aliphatic carbocycles. The van der Waals surface area contributed by atoms with Crippen LogP contribution in [0.4, 0.5) is 0 Å². The molecule has 0 saturated carbocycles. The van der Waals surface area contributed by atoms with Crippen molar-refractivity contribution in [1.29, 1.82) is 0 Å². The Labute approximate surface area is 118 Å². The molecule has 0 spiro atoms. The zero-order valence-electron chi connectivity index (χ0n) is 11.5. The van der Waals surface area contributed by atoms with Crippen molar-refractivity contribution in [2.24, 2.45) is 0 Å². The fourth-order valence-electron chi connectivity index (χ4n) is 1.68. The summed E-state index contributed by atoms with van der Waals surface area (Å²) in [4.78, 5) is 5.64. The van der Waals surface area contributed by atoms with Crippen LogP contribution in [0.1, 0.15) is 19.7 Å². The second kappa shape index (κ2) is 6.73. The number of hydrogen-bond acceptors (Lipinski definition) is 5. The van der Waals surface area contributed by atoms with E-state index in [4.69, 9.17) is 4.52 Å². The molecule has 102 valence electrons. The van der Waals surface area contributed by atoms with Crippen molar-refractivity contribution < 1.29 is 4.52 Å². The van der Waals surface area contributed by atoms with Crippen molar-refractivity contribution in [3.8, 4) is 11.4 Å². The maximum absolute atomic E-state index is 5.25. The van der Waals surface area contributed by atoms with E-state index in [0.717, 1.165) is 18.5 Å². The van der Waals surface area contributed by atoms with Crippen LogP contribution in [0.5, 0.6) is 0 Å². The molecule has 5 heteroatoms. The van der Waals surface area contributed by atoms with E-state index in [9.17, 15) is 0 Å². The van der Waals surface area contributed by atoms with Crippen LogP contribution in [-0.2, 0) is 6.42 Å². The minimum absolute atomic E-state index is 0.474. The summed E-state index contributed by atoms with van der Waals surface area (Å²) in [6, 6.07) is 8.65. The number of thioether (sulfide) groups is 1. The number of aromatic nitrogens is 2. The van der Waals surface area contributed by atoms with Crippen LogP contribution in [-0.4, -0.2) is 29.0 Å². The van der Waals surface area contributed by atoms with Gasteiger partial charge in [-0.05, 0) is 30.5 Å². The van der Waals surface area contributed by atoms with E-state index in [-0.39, 0.29) is 0 Å². The predicted molar refractivity (Wildman–Crippen MR) is 78.4 cm³/mol. The first-order valence-electron chi connectivity index (χ1n) is 6.39. The first-order valence-corrected chi connectivity index (χ1v) is 7.62. The first-order chi connectivity index (χ1) is 9.19. The molecule has 0 aliphatic heterocycles. The average molecular weight is 277 g/mol. The summed E-state index contributed by atoms with van der Waals surface area (Å²) in [6.45, 7) is 5.09. The molecule has 0 amide bonds. The van der Waals surface area contributed by atoms with E-state index in [0.29, 0.717) is 17.8 Å². The smallest absolute Gasteiger partial charge is 0.228 e. The predicted octanol–water partition coefficient (Wildman–Crippen LogP) is 3.00. The van der Waals surface area contributed by atoms with Crippen molar-refractivity contribution in [1.82, 2.24) is 15.5 Å². The monoisotopic (exact) mass is 277 g/mol. The molecule has 0 bridgehead atoms. The number of nitrogens with zero attached hydrogens (tertiary/aromatic N) is 2. The molecule has 1 N–H and O–H groups in total. The lowest BCUT2D eigenvalue weighted by atomic mass is 10.2. The Balaban J connectivity index is 1.99. The molecule has 0 aliphatic rings. The lowest BCUT2D eigenvalue weighted by Gasteiger charge is -2.04. The minimum Gasteiger partial charge on any atom is -0.339 e. The van der Waals surface area contributed by atoms with E-state index < -0.39 is 0 Å². The molecule has 0 atom stereocenters. The van der Waals surface area contributed by atoms with Crippen LogP contribution in [0, 0.1) is 0 Å². The lowest BCUT2D eigenvalue weighted by Crippen LogP contribution is -2.25. The topological polar surface area (TPSA) is 51.0 Å². The second-order valence-electron chi connectivity index (χ2n) is 4.60. The Morgan fingerprint density at radius 3 is 2.63 bits per heavy atom. The lowest BCUT2D eigenvalue weighted by molar-refractivity contribution is 0.374. The Morgan fingerprint density at radius 1 is 1.26 bits per heavy atom. The molecule has 1 heterocycles. The van der Waals surface area contributed by atoms with Crippen LogP contribution >= 0.6 is 11.8 Å². The summed E-state index contributed by atoms with van der Waals surface area (Å²) in [5.41, 5.74) is 0.990. The molecule has 19 heavy (non-hydrogen) atoms. The summed E-state index contributed by atoms with van der Waals surface area (Å²) >= 11 is 1.72. The van der Waals surface area contributed by atoms with Gasteiger partial charge in [-0.1, -0.05) is 19.0 Å². The standard InChI is InChI=1S/C14H19N3OS/c1-10(2)15-9-8-13-16-14(17-18-13)11-4-6-12(19-3)7-5-11/h4-7,10,15H,8-9H2,1-3H3. The third kappa shape index (κ3) is 4.08. The Morgan fingerprint density at radius 2 is 2.00 bits per heavy atom. The summed E-state index contributed by atoms with van der Waals surface area (Å²) in [7, 11) is 0. The van der Waals surface area contributed by atoms with Crippen LogP contribution < -0.4 is 5.32 Å². The van der Waals surface area contributed by atoms with Gasteiger partial charge in [-0.25, -0.2) is 0 Å². The fraction of sp³-hybridized carbons (Fsp3) is 0.429. The van der Waals surface area contributed by atoms with E-state index in [1.807, 2.05) is 12.1 Å². The quantitative estimate of drug-likeness (QED) is 0.823.